The van der Waals surface area contributed by atoms with E-state index in [-0.39, 0.29) is 12.0 Å². The first-order chi connectivity index (χ1) is 14.2. The van der Waals surface area contributed by atoms with Gasteiger partial charge in [-0.25, -0.2) is 4.79 Å². The summed E-state index contributed by atoms with van der Waals surface area (Å²) in [6, 6.07) is 8.23. The fourth-order valence-electron chi connectivity index (χ4n) is 4.64. The van der Waals surface area contributed by atoms with Crippen molar-refractivity contribution in [3.63, 3.8) is 0 Å². The molecule has 1 aromatic carbocycles. The number of amides is 2. The third-order valence-electron chi connectivity index (χ3n) is 6.34. The zero-order valence-corrected chi connectivity index (χ0v) is 20.1. The molecule has 6 heteroatoms. The number of carbonyl (C=O) groups is 2. The van der Waals surface area contributed by atoms with Gasteiger partial charge in [0.2, 0.25) is 5.91 Å². The lowest BCUT2D eigenvalue weighted by Gasteiger charge is -2.38. The maximum atomic E-state index is 13.4. The first kappa shape index (κ1) is 23.1. The molecule has 3 rings (SSSR count). The van der Waals surface area contributed by atoms with Crippen LogP contribution in [0.5, 0.6) is 0 Å². The predicted molar refractivity (Wildman–Crippen MR) is 122 cm³/mol. The summed E-state index contributed by atoms with van der Waals surface area (Å²) in [4.78, 5) is 27.4. The SMILES string of the molecule is CC(C)(C)OC(=O)N1CCC(CNC(=O)C2(c3cccc(Br)c3)CCCCC2)CC1. The van der Waals surface area contributed by atoms with E-state index in [1.165, 1.54) is 6.42 Å². The molecule has 1 N–H and O–H groups in total. The maximum absolute atomic E-state index is 13.4. The number of likely N-dealkylation sites (tertiary alicyclic amines) is 1. The highest BCUT2D eigenvalue weighted by atomic mass is 79.9. The van der Waals surface area contributed by atoms with Crippen LogP contribution in [-0.2, 0) is 14.9 Å². The molecule has 1 saturated carbocycles. The molecule has 0 unspecified atom stereocenters. The molecule has 1 aliphatic heterocycles. The highest BCUT2D eigenvalue weighted by Crippen LogP contribution is 2.40. The maximum Gasteiger partial charge on any atom is 0.410 e. The lowest BCUT2D eigenvalue weighted by atomic mass is 9.68. The van der Waals surface area contributed by atoms with Crippen LogP contribution in [0.4, 0.5) is 4.79 Å². The topological polar surface area (TPSA) is 58.6 Å². The van der Waals surface area contributed by atoms with Crippen molar-refractivity contribution < 1.29 is 14.3 Å². The number of ether oxygens (including phenoxy) is 1. The van der Waals surface area contributed by atoms with E-state index >= 15 is 0 Å². The van der Waals surface area contributed by atoms with E-state index in [0.29, 0.717) is 25.6 Å². The Morgan fingerprint density at radius 3 is 2.43 bits per heavy atom. The second kappa shape index (κ2) is 9.71. The van der Waals surface area contributed by atoms with E-state index in [1.807, 2.05) is 32.9 Å². The highest BCUT2D eigenvalue weighted by Gasteiger charge is 2.41. The van der Waals surface area contributed by atoms with Crippen LogP contribution in [-0.4, -0.2) is 42.1 Å². The number of nitrogens with one attached hydrogen (secondary N) is 1. The summed E-state index contributed by atoms with van der Waals surface area (Å²) in [5.41, 5.74) is 0.232. The van der Waals surface area contributed by atoms with E-state index in [2.05, 4.69) is 33.4 Å². The van der Waals surface area contributed by atoms with Crippen LogP contribution in [0, 0.1) is 5.92 Å². The van der Waals surface area contributed by atoms with Crippen molar-refractivity contribution >= 4 is 27.9 Å². The Hall–Kier alpha value is -1.56. The van der Waals surface area contributed by atoms with Crippen molar-refractivity contribution in [1.82, 2.24) is 10.2 Å². The summed E-state index contributed by atoms with van der Waals surface area (Å²) >= 11 is 3.56. The van der Waals surface area contributed by atoms with Crippen LogP contribution in [0.15, 0.2) is 28.7 Å². The number of carbonyl (C=O) groups excluding carboxylic acids is 2. The van der Waals surface area contributed by atoms with Gasteiger partial charge in [0.15, 0.2) is 0 Å². The zero-order valence-electron chi connectivity index (χ0n) is 18.5. The van der Waals surface area contributed by atoms with Gasteiger partial charge < -0.3 is 15.0 Å². The molecule has 0 bridgehead atoms. The lowest BCUT2D eigenvalue weighted by Crippen LogP contribution is -2.48. The second-order valence-electron chi connectivity index (χ2n) is 9.77. The molecule has 1 aromatic rings. The fraction of sp³-hybridized carbons (Fsp3) is 0.667. The smallest absolute Gasteiger partial charge is 0.410 e. The lowest BCUT2D eigenvalue weighted by molar-refractivity contribution is -0.128. The van der Waals surface area contributed by atoms with Crippen molar-refractivity contribution in [1.29, 1.82) is 0 Å². The minimum atomic E-state index is -0.470. The highest BCUT2D eigenvalue weighted by molar-refractivity contribution is 9.10. The average molecular weight is 479 g/mol. The van der Waals surface area contributed by atoms with Crippen molar-refractivity contribution in [3.05, 3.63) is 34.3 Å². The quantitative estimate of drug-likeness (QED) is 0.628. The minimum Gasteiger partial charge on any atom is -0.444 e. The van der Waals surface area contributed by atoms with Crippen molar-refractivity contribution in [2.24, 2.45) is 5.92 Å². The van der Waals surface area contributed by atoms with Gasteiger partial charge >= 0.3 is 6.09 Å². The van der Waals surface area contributed by atoms with Crippen LogP contribution in [0.2, 0.25) is 0 Å². The van der Waals surface area contributed by atoms with Gasteiger partial charge in [-0.05, 0) is 70.1 Å². The summed E-state index contributed by atoms with van der Waals surface area (Å²) in [5, 5.41) is 3.27. The number of rotatable bonds is 4. The molecule has 0 aromatic heterocycles. The number of nitrogens with zero attached hydrogens (tertiary/aromatic N) is 1. The first-order valence-electron chi connectivity index (χ1n) is 11.2. The minimum absolute atomic E-state index is 0.162. The van der Waals surface area contributed by atoms with Gasteiger partial charge in [-0.15, -0.1) is 0 Å². The van der Waals surface area contributed by atoms with E-state index in [9.17, 15) is 9.59 Å². The molecule has 0 radical (unpaired) electrons. The molecule has 30 heavy (non-hydrogen) atoms. The van der Waals surface area contributed by atoms with E-state index in [1.54, 1.807) is 4.90 Å². The number of piperidine rings is 1. The number of hydrogen-bond donors (Lipinski definition) is 1. The van der Waals surface area contributed by atoms with Crippen LogP contribution in [0.25, 0.3) is 0 Å². The van der Waals surface area contributed by atoms with Gasteiger partial charge in [-0.3, -0.25) is 4.79 Å². The molecule has 1 heterocycles. The Kier molecular flexibility index (Phi) is 7.48. The Balaban J connectivity index is 1.56. The van der Waals surface area contributed by atoms with Crippen LogP contribution in [0.3, 0.4) is 0 Å². The molecule has 2 amide bonds. The van der Waals surface area contributed by atoms with Crippen LogP contribution in [0.1, 0.15) is 71.3 Å². The fourth-order valence-corrected chi connectivity index (χ4v) is 5.04. The molecule has 0 spiro atoms. The van der Waals surface area contributed by atoms with Crippen molar-refractivity contribution in [2.75, 3.05) is 19.6 Å². The summed E-state index contributed by atoms with van der Waals surface area (Å²) in [5.74, 6) is 0.561. The molecule has 2 aliphatic rings. The van der Waals surface area contributed by atoms with Gasteiger partial charge in [0, 0.05) is 24.1 Å². The molecule has 166 valence electrons. The number of benzene rings is 1. The number of hydrogen-bond acceptors (Lipinski definition) is 3. The van der Waals surface area contributed by atoms with Gasteiger partial charge in [-0.1, -0.05) is 47.3 Å². The van der Waals surface area contributed by atoms with Crippen LogP contribution >= 0.6 is 15.9 Å². The van der Waals surface area contributed by atoms with Gasteiger partial charge in [0.05, 0.1) is 5.41 Å². The third kappa shape index (κ3) is 5.77. The standard InChI is InChI=1S/C24H35BrN2O3/c1-23(2,3)30-22(29)27-14-10-18(11-15-27)17-26-21(28)24(12-5-4-6-13-24)19-8-7-9-20(25)16-19/h7-9,16,18H,4-6,10-15,17H2,1-3H3,(H,26,28). The third-order valence-corrected chi connectivity index (χ3v) is 6.83. The van der Waals surface area contributed by atoms with Gasteiger partial charge in [-0.2, -0.15) is 0 Å². The monoisotopic (exact) mass is 478 g/mol. The second-order valence-corrected chi connectivity index (χ2v) is 10.7. The molecule has 2 fully saturated rings. The van der Waals surface area contributed by atoms with Gasteiger partial charge in [0.1, 0.15) is 5.60 Å². The van der Waals surface area contributed by atoms with Crippen LogP contribution < -0.4 is 5.32 Å². The average Bonchev–Trinajstić information content (AvgIpc) is 2.71. The van der Waals surface area contributed by atoms with Gasteiger partial charge in [0.25, 0.3) is 0 Å². The van der Waals surface area contributed by atoms with Crippen molar-refractivity contribution in [2.45, 2.75) is 76.7 Å². The molecular weight excluding hydrogens is 444 g/mol. The summed E-state index contributed by atoms with van der Waals surface area (Å²) in [6.45, 7) is 7.72. The largest absolute Gasteiger partial charge is 0.444 e. The molecular formula is C24H35BrN2O3. The Labute approximate surface area is 189 Å². The summed E-state index contributed by atoms with van der Waals surface area (Å²) < 4.78 is 6.50. The van der Waals surface area contributed by atoms with E-state index in [0.717, 1.165) is 48.6 Å². The molecule has 0 atom stereocenters. The normalized spacial score (nSPS) is 19.9. The zero-order chi connectivity index (χ0) is 21.8. The Morgan fingerprint density at radius 1 is 1.17 bits per heavy atom. The molecule has 1 saturated heterocycles. The van der Waals surface area contributed by atoms with E-state index < -0.39 is 11.0 Å². The molecule has 1 aliphatic carbocycles. The molecule has 5 nitrogen and oxygen atoms in total. The Bertz CT molecular complexity index is 745. The van der Waals surface area contributed by atoms with Crippen molar-refractivity contribution in [3.8, 4) is 0 Å². The number of halogens is 1. The predicted octanol–water partition coefficient (Wildman–Crippen LogP) is 5.41. The van der Waals surface area contributed by atoms with E-state index in [4.69, 9.17) is 4.74 Å². The first-order valence-corrected chi connectivity index (χ1v) is 12.0. The summed E-state index contributed by atoms with van der Waals surface area (Å²) in [7, 11) is 0. The summed E-state index contributed by atoms with van der Waals surface area (Å²) in [6.07, 6.45) is 6.75. The Morgan fingerprint density at radius 2 is 1.83 bits per heavy atom.